The van der Waals surface area contributed by atoms with Gasteiger partial charge in [0.25, 0.3) is 0 Å². The zero-order chi connectivity index (χ0) is 13.9. The molecule has 1 rings (SSSR count). The van der Waals surface area contributed by atoms with Gasteiger partial charge in [-0.1, -0.05) is 6.07 Å². The van der Waals surface area contributed by atoms with Crippen molar-refractivity contribution < 1.29 is 32.9 Å². The Balaban J connectivity index is 2.93. The van der Waals surface area contributed by atoms with Gasteiger partial charge < -0.3 is 20.7 Å². The Morgan fingerprint density at radius 1 is 1.39 bits per heavy atom. The summed E-state index contributed by atoms with van der Waals surface area (Å²) in [5.74, 6) is -3.33. The van der Waals surface area contributed by atoms with Gasteiger partial charge in [0.05, 0.1) is 0 Å². The summed E-state index contributed by atoms with van der Waals surface area (Å²) >= 11 is 0. The molecule has 0 radical (unpaired) electrons. The highest BCUT2D eigenvalue weighted by Crippen LogP contribution is 2.24. The second kappa shape index (κ2) is 5.69. The van der Waals surface area contributed by atoms with Crippen LogP contribution in [0.4, 0.5) is 13.2 Å². The van der Waals surface area contributed by atoms with Crippen LogP contribution in [0.25, 0.3) is 0 Å². The minimum absolute atomic E-state index is 0.149. The van der Waals surface area contributed by atoms with Crippen molar-refractivity contribution >= 4 is 5.97 Å². The molecule has 0 fully saturated rings. The molecule has 0 aliphatic heterocycles. The fourth-order valence-electron chi connectivity index (χ4n) is 1.24. The number of hydrogen-bond acceptors (Lipinski definition) is 4. The molecule has 0 heterocycles. The van der Waals surface area contributed by atoms with E-state index in [1.807, 2.05) is 0 Å². The summed E-state index contributed by atoms with van der Waals surface area (Å²) in [7, 11) is 0. The lowest BCUT2D eigenvalue weighted by Crippen LogP contribution is -2.36. The highest BCUT2D eigenvalue weighted by molar-refractivity contribution is 5.74. The molecule has 1 aromatic carbocycles. The Hall–Kier alpha value is -1.80. The standard InChI is InChI=1S/C10H10F3NO4/c11-5-3-4(8(15)7(14)9(16)17)1-2-6(5)18-10(12)13/h1-3,7-8,10,15H,14H2,(H,16,17)/t7-,8+/m0/s1. The number of aliphatic hydroxyl groups excluding tert-OH is 1. The number of hydrogen-bond donors (Lipinski definition) is 3. The smallest absolute Gasteiger partial charge is 0.387 e. The topological polar surface area (TPSA) is 92.8 Å². The van der Waals surface area contributed by atoms with Gasteiger partial charge >= 0.3 is 12.6 Å². The van der Waals surface area contributed by atoms with E-state index in [9.17, 15) is 23.1 Å². The normalized spacial score (nSPS) is 14.3. The van der Waals surface area contributed by atoms with Crippen molar-refractivity contribution in [1.82, 2.24) is 0 Å². The van der Waals surface area contributed by atoms with E-state index in [1.165, 1.54) is 0 Å². The summed E-state index contributed by atoms with van der Waals surface area (Å²) in [6.07, 6.45) is -1.65. The first kappa shape index (κ1) is 14.3. The molecule has 0 aliphatic rings. The number of aliphatic hydroxyl groups is 1. The Kier molecular flexibility index (Phi) is 4.51. The predicted octanol–water partition coefficient (Wildman–Crippen LogP) is 0.872. The average Bonchev–Trinajstić information content (AvgIpc) is 2.29. The van der Waals surface area contributed by atoms with E-state index in [4.69, 9.17) is 10.8 Å². The summed E-state index contributed by atoms with van der Waals surface area (Å²) in [5, 5.41) is 18.0. The van der Waals surface area contributed by atoms with Gasteiger partial charge in [0.1, 0.15) is 12.1 Å². The molecule has 0 unspecified atom stereocenters. The third kappa shape index (κ3) is 3.34. The Bertz CT molecular complexity index is 441. The first-order valence-electron chi connectivity index (χ1n) is 4.73. The molecule has 0 aliphatic carbocycles. The molecule has 100 valence electrons. The summed E-state index contributed by atoms with van der Waals surface area (Å²) < 4.78 is 40.8. The summed E-state index contributed by atoms with van der Waals surface area (Å²) in [5.41, 5.74) is 4.99. The molecule has 8 heteroatoms. The molecule has 0 saturated carbocycles. The second-order valence-electron chi connectivity index (χ2n) is 3.38. The summed E-state index contributed by atoms with van der Waals surface area (Å²) in [6.45, 7) is -3.18. The van der Waals surface area contributed by atoms with Gasteiger partial charge in [-0.2, -0.15) is 8.78 Å². The molecule has 0 aromatic heterocycles. The molecule has 5 nitrogen and oxygen atoms in total. The van der Waals surface area contributed by atoms with Gasteiger partial charge in [0.15, 0.2) is 11.6 Å². The van der Waals surface area contributed by atoms with Crippen molar-refractivity contribution in [2.45, 2.75) is 18.8 Å². The predicted molar refractivity (Wildman–Crippen MR) is 53.6 cm³/mol. The van der Waals surface area contributed by atoms with Crippen LogP contribution in [0.2, 0.25) is 0 Å². The third-order valence-electron chi connectivity index (χ3n) is 2.14. The van der Waals surface area contributed by atoms with E-state index in [0.717, 1.165) is 12.1 Å². The molecular formula is C10H10F3NO4. The number of alkyl halides is 2. The molecule has 0 bridgehead atoms. The van der Waals surface area contributed by atoms with Crippen molar-refractivity contribution in [3.8, 4) is 5.75 Å². The van der Waals surface area contributed by atoms with Crippen LogP contribution in [0.15, 0.2) is 18.2 Å². The van der Waals surface area contributed by atoms with Gasteiger partial charge in [-0.15, -0.1) is 0 Å². The van der Waals surface area contributed by atoms with Crippen LogP contribution in [0.1, 0.15) is 11.7 Å². The van der Waals surface area contributed by atoms with E-state index in [1.54, 1.807) is 0 Å². The molecule has 4 N–H and O–H groups in total. The molecule has 18 heavy (non-hydrogen) atoms. The highest BCUT2D eigenvalue weighted by atomic mass is 19.3. The third-order valence-corrected chi connectivity index (χ3v) is 2.14. The van der Waals surface area contributed by atoms with E-state index < -0.39 is 36.3 Å². The van der Waals surface area contributed by atoms with E-state index in [-0.39, 0.29) is 5.56 Å². The van der Waals surface area contributed by atoms with Gasteiger partial charge in [0.2, 0.25) is 0 Å². The maximum atomic E-state index is 13.3. The van der Waals surface area contributed by atoms with Crippen molar-refractivity contribution in [1.29, 1.82) is 0 Å². The number of carboxylic acid groups (broad SMARTS) is 1. The second-order valence-corrected chi connectivity index (χ2v) is 3.38. The minimum atomic E-state index is -3.18. The number of benzene rings is 1. The first-order chi connectivity index (χ1) is 8.32. The lowest BCUT2D eigenvalue weighted by molar-refractivity contribution is -0.141. The van der Waals surface area contributed by atoms with Crippen LogP contribution >= 0.6 is 0 Å². The van der Waals surface area contributed by atoms with Crippen molar-refractivity contribution in [2.75, 3.05) is 0 Å². The Labute approximate surface area is 99.6 Å². The first-order valence-corrected chi connectivity index (χ1v) is 4.73. The lowest BCUT2D eigenvalue weighted by atomic mass is 10.0. The lowest BCUT2D eigenvalue weighted by Gasteiger charge is -2.16. The number of carboxylic acids is 1. The Morgan fingerprint density at radius 3 is 2.44 bits per heavy atom. The van der Waals surface area contributed by atoms with Crippen molar-refractivity contribution in [3.63, 3.8) is 0 Å². The number of halogens is 3. The van der Waals surface area contributed by atoms with Crippen molar-refractivity contribution in [2.24, 2.45) is 5.73 Å². The number of ether oxygens (including phenoxy) is 1. The number of aliphatic carboxylic acids is 1. The maximum absolute atomic E-state index is 13.3. The van der Waals surface area contributed by atoms with E-state index >= 15 is 0 Å². The molecule has 0 saturated heterocycles. The van der Waals surface area contributed by atoms with Crippen LogP contribution in [-0.2, 0) is 4.79 Å². The zero-order valence-corrected chi connectivity index (χ0v) is 8.89. The van der Waals surface area contributed by atoms with Crippen LogP contribution in [0, 0.1) is 5.82 Å². The Morgan fingerprint density at radius 2 is 2.00 bits per heavy atom. The molecule has 0 spiro atoms. The number of carbonyl (C=O) groups is 1. The molecule has 0 amide bonds. The van der Waals surface area contributed by atoms with Crippen molar-refractivity contribution in [3.05, 3.63) is 29.6 Å². The van der Waals surface area contributed by atoms with Gasteiger partial charge in [-0.25, -0.2) is 4.39 Å². The summed E-state index contributed by atoms with van der Waals surface area (Å²) in [6, 6.07) is 0.944. The van der Waals surface area contributed by atoms with Crippen LogP contribution in [0.3, 0.4) is 0 Å². The van der Waals surface area contributed by atoms with E-state index in [0.29, 0.717) is 6.07 Å². The largest absolute Gasteiger partial charge is 0.480 e. The molecule has 1 aromatic rings. The zero-order valence-electron chi connectivity index (χ0n) is 8.89. The monoisotopic (exact) mass is 265 g/mol. The van der Waals surface area contributed by atoms with Gasteiger partial charge in [-0.05, 0) is 17.7 Å². The van der Waals surface area contributed by atoms with Crippen LogP contribution < -0.4 is 10.5 Å². The molecular weight excluding hydrogens is 255 g/mol. The average molecular weight is 265 g/mol. The SMILES string of the molecule is N[C@H](C(=O)O)[C@H](O)c1ccc(OC(F)F)c(F)c1. The van der Waals surface area contributed by atoms with Crippen LogP contribution in [0.5, 0.6) is 5.75 Å². The van der Waals surface area contributed by atoms with Gasteiger partial charge in [0, 0.05) is 0 Å². The van der Waals surface area contributed by atoms with E-state index in [2.05, 4.69) is 4.74 Å². The molecule has 2 atom stereocenters. The number of rotatable bonds is 5. The van der Waals surface area contributed by atoms with Crippen LogP contribution in [-0.4, -0.2) is 28.8 Å². The van der Waals surface area contributed by atoms with Gasteiger partial charge in [-0.3, -0.25) is 4.79 Å². The quantitative estimate of drug-likeness (QED) is 0.734. The summed E-state index contributed by atoms with van der Waals surface area (Å²) in [4.78, 5) is 10.5. The minimum Gasteiger partial charge on any atom is -0.480 e. The maximum Gasteiger partial charge on any atom is 0.387 e. The fraction of sp³-hybridized carbons (Fsp3) is 0.300. The highest BCUT2D eigenvalue weighted by Gasteiger charge is 2.24. The fourth-order valence-corrected chi connectivity index (χ4v) is 1.24. The number of nitrogens with two attached hydrogens (primary N) is 1.